The minimum Gasteiger partial charge on any atom is -0.380 e. The summed E-state index contributed by atoms with van der Waals surface area (Å²) < 4.78 is 41.7. The second-order valence-corrected chi connectivity index (χ2v) is 8.46. The zero-order chi connectivity index (χ0) is 24.0. The predicted octanol–water partition coefficient (Wildman–Crippen LogP) is 6.24. The lowest BCUT2D eigenvalue weighted by atomic mass is 9.93. The maximum atomic E-state index is 13.3. The Hall–Kier alpha value is -3.63. The smallest absolute Gasteiger partial charge is 0.380 e. The first-order valence-electron chi connectivity index (χ1n) is 10.3. The van der Waals surface area contributed by atoms with Crippen molar-refractivity contribution in [3.63, 3.8) is 0 Å². The van der Waals surface area contributed by atoms with Gasteiger partial charge >= 0.3 is 6.18 Å². The third-order valence-corrected chi connectivity index (χ3v) is 5.85. The van der Waals surface area contributed by atoms with Crippen LogP contribution in [0.25, 0.3) is 26.7 Å². The van der Waals surface area contributed by atoms with Gasteiger partial charge in [-0.1, -0.05) is 48.0 Å². The van der Waals surface area contributed by atoms with Gasteiger partial charge in [-0.25, -0.2) is 4.85 Å². The van der Waals surface area contributed by atoms with Crippen molar-refractivity contribution in [2.45, 2.75) is 38.6 Å². The number of fused-ring (bicyclic) bond motifs is 3. The number of benzene rings is 3. The molecule has 168 valence electrons. The van der Waals surface area contributed by atoms with Crippen molar-refractivity contribution in [1.29, 1.82) is 0 Å². The number of hydrogen-bond donors (Lipinski definition) is 1. The lowest BCUT2D eigenvalue weighted by molar-refractivity contribution is -0.138. The highest BCUT2D eigenvalue weighted by atomic mass is 19.4. The number of carbonyl (C=O) groups excluding carboxylic acids is 1. The third kappa shape index (κ3) is 4.22. The van der Waals surface area contributed by atoms with Crippen molar-refractivity contribution in [1.82, 2.24) is 4.57 Å². The van der Waals surface area contributed by atoms with E-state index in [0.29, 0.717) is 0 Å². The van der Waals surface area contributed by atoms with Crippen LogP contribution in [-0.4, -0.2) is 21.1 Å². The summed E-state index contributed by atoms with van der Waals surface area (Å²) in [4.78, 5) is 15.9. The fourth-order valence-electron chi connectivity index (χ4n) is 4.13. The predicted molar refractivity (Wildman–Crippen MR) is 121 cm³/mol. The lowest BCUT2D eigenvalue weighted by Crippen LogP contribution is -2.40. The number of aromatic nitrogens is 1. The Balaban J connectivity index is 1.68. The molecule has 0 amide bonds. The van der Waals surface area contributed by atoms with E-state index in [0.717, 1.165) is 39.5 Å². The maximum Gasteiger partial charge on any atom is 0.407 e. The largest absolute Gasteiger partial charge is 0.407 e. The number of para-hydroxylation sites is 1. The number of nitrogens with zero attached hydrogens (tertiary/aromatic N) is 2. The van der Waals surface area contributed by atoms with Gasteiger partial charge in [0, 0.05) is 28.2 Å². The first kappa shape index (κ1) is 22.6. The van der Waals surface area contributed by atoms with E-state index in [1.165, 1.54) is 13.0 Å². The molecule has 0 aliphatic heterocycles. The van der Waals surface area contributed by atoms with Crippen LogP contribution in [0, 0.1) is 13.5 Å². The van der Waals surface area contributed by atoms with Gasteiger partial charge in [-0.05, 0) is 37.6 Å². The number of rotatable bonds is 5. The number of aryl methyl sites for hydroxylation is 1. The van der Waals surface area contributed by atoms with E-state index in [-0.39, 0.29) is 18.5 Å². The average molecular weight is 450 g/mol. The summed E-state index contributed by atoms with van der Waals surface area (Å²) >= 11 is 0. The Labute approximate surface area is 188 Å². The lowest BCUT2D eigenvalue weighted by Gasteiger charge is -2.24. The molecular weight excluding hydrogens is 429 g/mol. The normalized spacial score (nSPS) is 13.7. The van der Waals surface area contributed by atoms with Gasteiger partial charge < -0.3 is 9.67 Å². The molecule has 0 saturated heterocycles. The zero-order valence-corrected chi connectivity index (χ0v) is 18.1. The third-order valence-electron chi connectivity index (χ3n) is 5.85. The summed E-state index contributed by atoms with van der Waals surface area (Å²) in [6.45, 7) is 10.3. The monoisotopic (exact) mass is 450 g/mol. The van der Waals surface area contributed by atoms with Crippen LogP contribution < -0.4 is 0 Å². The summed E-state index contributed by atoms with van der Waals surface area (Å²) in [6.07, 6.45) is -5.09. The molecule has 0 bridgehead atoms. The minimum atomic E-state index is -4.71. The fourth-order valence-corrected chi connectivity index (χ4v) is 4.13. The summed E-state index contributed by atoms with van der Waals surface area (Å²) in [7, 11) is 0. The van der Waals surface area contributed by atoms with Crippen LogP contribution >= 0.6 is 0 Å². The fraction of sp³-hybridized carbons (Fsp3) is 0.231. The molecule has 1 aromatic heterocycles. The van der Waals surface area contributed by atoms with E-state index in [9.17, 15) is 23.1 Å². The van der Waals surface area contributed by atoms with Crippen LogP contribution in [0.4, 0.5) is 18.9 Å². The molecule has 0 saturated carbocycles. The second-order valence-electron chi connectivity index (χ2n) is 8.46. The van der Waals surface area contributed by atoms with Crippen molar-refractivity contribution in [3.8, 4) is 0 Å². The zero-order valence-electron chi connectivity index (χ0n) is 18.1. The molecule has 33 heavy (non-hydrogen) atoms. The molecule has 4 rings (SSSR count). The first-order valence-corrected chi connectivity index (χ1v) is 10.3. The minimum absolute atomic E-state index is 0.0504. The highest BCUT2D eigenvalue weighted by Crippen LogP contribution is 2.37. The summed E-state index contributed by atoms with van der Waals surface area (Å²) in [5, 5.41) is 13.1. The standard InChI is InChI=1S/C26H21F3N2O2/c1-16-8-11-23-19(12-16)18-6-4-5-7-22(18)31(23)15-25(2,33)24(32)14-17-9-10-21(30-3)20(13-17)26(27,28)29/h4-13,33H,14-15H2,1-2H3/t25-/m0/s1. The second kappa shape index (κ2) is 8.05. The number of carbonyl (C=O) groups is 1. The molecule has 4 nitrogen and oxygen atoms in total. The van der Waals surface area contributed by atoms with Crippen molar-refractivity contribution >= 4 is 33.3 Å². The van der Waals surface area contributed by atoms with Crippen molar-refractivity contribution in [3.05, 3.63) is 88.8 Å². The molecule has 0 unspecified atom stereocenters. The van der Waals surface area contributed by atoms with Crippen molar-refractivity contribution in [2.75, 3.05) is 0 Å². The molecule has 1 atom stereocenters. The van der Waals surface area contributed by atoms with Crippen molar-refractivity contribution < 1.29 is 23.1 Å². The van der Waals surface area contributed by atoms with E-state index in [1.54, 1.807) is 0 Å². The van der Waals surface area contributed by atoms with E-state index in [1.807, 2.05) is 54.0 Å². The molecule has 0 radical (unpaired) electrons. The SMILES string of the molecule is [C-]#[N+]c1ccc(CC(=O)[C@@](C)(O)Cn2c3ccccc3c3cc(C)ccc32)cc1C(F)(F)F. The van der Waals surface area contributed by atoms with Gasteiger partial charge in [-0.2, -0.15) is 13.2 Å². The average Bonchev–Trinajstić information content (AvgIpc) is 3.05. The quantitative estimate of drug-likeness (QED) is 0.366. The number of ketones is 1. The summed E-state index contributed by atoms with van der Waals surface area (Å²) in [5.41, 5.74) is -0.542. The van der Waals surface area contributed by atoms with Gasteiger partial charge in [0.05, 0.1) is 18.7 Å². The molecule has 4 aromatic rings. The van der Waals surface area contributed by atoms with E-state index in [2.05, 4.69) is 4.85 Å². The maximum absolute atomic E-state index is 13.3. The van der Waals surface area contributed by atoms with Crippen LogP contribution in [0.2, 0.25) is 0 Å². The summed E-state index contributed by atoms with van der Waals surface area (Å²) in [6, 6.07) is 16.8. The summed E-state index contributed by atoms with van der Waals surface area (Å²) in [5.74, 6) is -0.607. The molecule has 0 aliphatic rings. The number of hydrogen-bond acceptors (Lipinski definition) is 2. The van der Waals surface area contributed by atoms with Crippen LogP contribution in [0.1, 0.15) is 23.6 Å². The van der Waals surface area contributed by atoms with E-state index >= 15 is 0 Å². The highest BCUT2D eigenvalue weighted by Gasteiger charge is 2.35. The molecular formula is C26H21F3N2O2. The van der Waals surface area contributed by atoms with Crippen LogP contribution in [0.3, 0.4) is 0 Å². The number of halogens is 3. The molecule has 0 fully saturated rings. The Morgan fingerprint density at radius 1 is 1.03 bits per heavy atom. The first-order chi connectivity index (χ1) is 15.5. The van der Waals surface area contributed by atoms with Gasteiger partial charge in [0.15, 0.2) is 11.5 Å². The van der Waals surface area contributed by atoms with Crippen molar-refractivity contribution in [2.24, 2.45) is 0 Å². The van der Waals surface area contributed by atoms with Crippen LogP contribution in [0.15, 0.2) is 60.7 Å². The van der Waals surface area contributed by atoms with E-state index in [4.69, 9.17) is 6.57 Å². The van der Waals surface area contributed by atoms with Gasteiger partial charge in [-0.3, -0.25) is 4.79 Å². The van der Waals surface area contributed by atoms with Crippen LogP contribution in [0.5, 0.6) is 0 Å². The Bertz CT molecular complexity index is 1430. The van der Waals surface area contributed by atoms with E-state index < -0.39 is 28.8 Å². The topological polar surface area (TPSA) is 46.6 Å². The molecule has 3 aromatic carbocycles. The molecule has 0 spiro atoms. The number of Topliss-reactive ketones (excluding diaryl/α,β-unsaturated/α-hetero) is 1. The Morgan fingerprint density at radius 3 is 2.42 bits per heavy atom. The van der Waals surface area contributed by atoms with Gasteiger partial charge in [0.1, 0.15) is 5.60 Å². The number of alkyl halides is 3. The molecule has 1 N–H and O–H groups in total. The van der Waals surface area contributed by atoms with Gasteiger partial charge in [0.25, 0.3) is 0 Å². The van der Waals surface area contributed by atoms with Gasteiger partial charge in [-0.15, -0.1) is 0 Å². The molecule has 1 heterocycles. The van der Waals surface area contributed by atoms with Gasteiger partial charge in [0.2, 0.25) is 0 Å². The highest BCUT2D eigenvalue weighted by molar-refractivity contribution is 6.08. The van der Waals surface area contributed by atoms with Crippen LogP contribution in [-0.2, 0) is 23.9 Å². The number of aliphatic hydroxyl groups is 1. The molecule has 0 aliphatic carbocycles. The Kier molecular flexibility index (Phi) is 5.51. The Morgan fingerprint density at radius 2 is 1.73 bits per heavy atom. The molecule has 7 heteroatoms.